The molecule has 3 aliphatic heterocycles. The van der Waals surface area contributed by atoms with Crippen molar-refractivity contribution in [2.24, 2.45) is 0 Å². The fourth-order valence-electron chi connectivity index (χ4n) is 3.77. The lowest BCUT2D eigenvalue weighted by molar-refractivity contribution is -0.136. The third kappa shape index (κ3) is 4.33. The summed E-state index contributed by atoms with van der Waals surface area (Å²) in [6.45, 7) is 7.89. The van der Waals surface area contributed by atoms with Gasteiger partial charge in [-0.3, -0.25) is 19.4 Å². The molecule has 1 aromatic carbocycles. The number of hydrogen-bond donors (Lipinski definition) is 0. The highest BCUT2D eigenvalue weighted by Crippen LogP contribution is 2.32. The SMILES string of the molecule is O=CN1CCN(C(=O)CN2CCN(Cc3ccc4c(c3)OCO4)CC2)CC1. The lowest BCUT2D eigenvalue weighted by Crippen LogP contribution is -2.53. The molecule has 0 saturated carbocycles. The first-order valence-corrected chi connectivity index (χ1v) is 9.51. The molecule has 3 aliphatic rings. The lowest BCUT2D eigenvalue weighted by Gasteiger charge is -2.37. The summed E-state index contributed by atoms with van der Waals surface area (Å²) in [5.74, 6) is 1.81. The zero-order valence-electron chi connectivity index (χ0n) is 15.5. The number of piperazine rings is 2. The predicted octanol–water partition coefficient (Wildman–Crippen LogP) is -0.166. The first-order chi connectivity index (χ1) is 13.2. The van der Waals surface area contributed by atoms with Crippen molar-refractivity contribution >= 4 is 12.3 Å². The normalized spacial score (nSPS) is 20.7. The predicted molar refractivity (Wildman–Crippen MR) is 98.5 cm³/mol. The van der Waals surface area contributed by atoms with Gasteiger partial charge >= 0.3 is 0 Å². The topological polar surface area (TPSA) is 65.6 Å². The Bertz CT molecular complexity index is 682. The molecular formula is C19H26N4O4. The number of amides is 2. The Morgan fingerprint density at radius 2 is 1.63 bits per heavy atom. The van der Waals surface area contributed by atoms with Gasteiger partial charge in [0.1, 0.15) is 0 Å². The van der Waals surface area contributed by atoms with E-state index >= 15 is 0 Å². The number of carbonyl (C=O) groups excluding carboxylic acids is 2. The molecule has 2 saturated heterocycles. The maximum absolute atomic E-state index is 12.5. The molecule has 2 amide bonds. The number of carbonyl (C=O) groups is 2. The molecule has 2 fully saturated rings. The molecule has 0 bridgehead atoms. The van der Waals surface area contributed by atoms with E-state index < -0.39 is 0 Å². The summed E-state index contributed by atoms with van der Waals surface area (Å²) in [4.78, 5) is 31.5. The number of rotatable bonds is 5. The Labute approximate surface area is 159 Å². The van der Waals surface area contributed by atoms with Crippen molar-refractivity contribution in [3.8, 4) is 11.5 Å². The van der Waals surface area contributed by atoms with Crippen LogP contribution in [0.1, 0.15) is 5.56 Å². The van der Waals surface area contributed by atoms with Crippen molar-refractivity contribution in [1.29, 1.82) is 0 Å². The molecule has 146 valence electrons. The molecule has 0 aromatic heterocycles. The van der Waals surface area contributed by atoms with Crippen LogP contribution in [0.4, 0.5) is 0 Å². The maximum Gasteiger partial charge on any atom is 0.236 e. The Morgan fingerprint density at radius 1 is 0.926 bits per heavy atom. The van der Waals surface area contributed by atoms with Crippen LogP contribution in [0.25, 0.3) is 0 Å². The molecule has 0 aliphatic carbocycles. The van der Waals surface area contributed by atoms with Crippen molar-refractivity contribution in [2.75, 3.05) is 65.7 Å². The molecule has 0 atom stereocenters. The maximum atomic E-state index is 12.5. The Balaban J connectivity index is 1.21. The van der Waals surface area contributed by atoms with E-state index in [0.29, 0.717) is 39.5 Å². The molecule has 0 radical (unpaired) electrons. The van der Waals surface area contributed by atoms with E-state index in [0.717, 1.165) is 50.6 Å². The fraction of sp³-hybridized carbons (Fsp3) is 0.579. The summed E-state index contributed by atoms with van der Waals surface area (Å²) in [7, 11) is 0. The largest absolute Gasteiger partial charge is 0.454 e. The standard InChI is InChI=1S/C19H26N4O4/c24-14-22-7-9-23(10-8-22)19(25)13-21-5-3-20(4-6-21)12-16-1-2-17-18(11-16)27-15-26-17/h1-2,11,14H,3-10,12-13,15H2. The quantitative estimate of drug-likeness (QED) is 0.667. The number of ether oxygens (including phenoxy) is 2. The van der Waals surface area contributed by atoms with Crippen molar-refractivity contribution in [1.82, 2.24) is 19.6 Å². The van der Waals surface area contributed by atoms with Crippen LogP contribution in [0.3, 0.4) is 0 Å². The second-order valence-corrected chi connectivity index (χ2v) is 7.26. The highest BCUT2D eigenvalue weighted by Gasteiger charge is 2.24. The Hall–Kier alpha value is -2.32. The van der Waals surface area contributed by atoms with E-state index in [1.807, 2.05) is 11.0 Å². The van der Waals surface area contributed by atoms with Crippen LogP contribution in [0.15, 0.2) is 18.2 Å². The van der Waals surface area contributed by atoms with Crippen molar-refractivity contribution in [3.63, 3.8) is 0 Å². The van der Waals surface area contributed by atoms with Gasteiger partial charge in [0.25, 0.3) is 0 Å². The van der Waals surface area contributed by atoms with Gasteiger partial charge in [-0.25, -0.2) is 0 Å². The zero-order valence-corrected chi connectivity index (χ0v) is 15.5. The molecule has 8 nitrogen and oxygen atoms in total. The highest BCUT2D eigenvalue weighted by molar-refractivity contribution is 5.78. The van der Waals surface area contributed by atoms with Crippen LogP contribution in [0, 0.1) is 0 Å². The second-order valence-electron chi connectivity index (χ2n) is 7.26. The molecular weight excluding hydrogens is 348 g/mol. The summed E-state index contributed by atoms with van der Waals surface area (Å²) in [5, 5.41) is 0. The van der Waals surface area contributed by atoms with Crippen LogP contribution in [-0.4, -0.2) is 97.6 Å². The van der Waals surface area contributed by atoms with Gasteiger partial charge in [-0.15, -0.1) is 0 Å². The fourth-order valence-corrected chi connectivity index (χ4v) is 3.77. The minimum atomic E-state index is 0.171. The second kappa shape index (κ2) is 8.14. The highest BCUT2D eigenvalue weighted by atomic mass is 16.7. The van der Waals surface area contributed by atoms with E-state index in [1.54, 1.807) is 4.90 Å². The molecule has 8 heteroatoms. The average Bonchev–Trinajstić information content (AvgIpc) is 3.17. The summed E-state index contributed by atoms with van der Waals surface area (Å²) < 4.78 is 10.8. The van der Waals surface area contributed by atoms with Gasteiger partial charge in [0.05, 0.1) is 6.54 Å². The van der Waals surface area contributed by atoms with E-state index in [1.165, 1.54) is 5.56 Å². The van der Waals surface area contributed by atoms with Crippen molar-refractivity contribution in [3.05, 3.63) is 23.8 Å². The molecule has 3 heterocycles. The van der Waals surface area contributed by atoms with E-state index in [2.05, 4.69) is 21.9 Å². The minimum Gasteiger partial charge on any atom is -0.454 e. The van der Waals surface area contributed by atoms with Crippen LogP contribution in [0.2, 0.25) is 0 Å². The summed E-state index contributed by atoms with van der Waals surface area (Å²) in [6.07, 6.45) is 0.862. The van der Waals surface area contributed by atoms with Gasteiger partial charge in [-0.05, 0) is 17.7 Å². The summed E-state index contributed by atoms with van der Waals surface area (Å²) >= 11 is 0. The average molecular weight is 374 g/mol. The molecule has 1 aromatic rings. The Kier molecular flexibility index (Phi) is 5.45. The van der Waals surface area contributed by atoms with Gasteiger partial charge < -0.3 is 19.3 Å². The van der Waals surface area contributed by atoms with E-state index in [9.17, 15) is 9.59 Å². The third-order valence-electron chi connectivity index (χ3n) is 5.48. The first-order valence-electron chi connectivity index (χ1n) is 9.51. The summed E-state index contributed by atoms with van der Waals surface area (Å²) in [6, 6.07) is 6.11. The lowest BCUT2D eigenvalue weighted by atomic mass is 10.1. The smallest absolute Gasteiger partial charge is 0.236 e. The molecule has 27 heavy (non-hydrogen) atoms. The van der Waals surface area contributed by atoms with E-state index in [4.69, 9.17) is 9.47 Å². The third-order valence-corrected chi connectivity index (χ3v) is 5.48. The molecule has 0 N–H and O–H groups in total. The van der Waals surface area contributed by atoms with Crippen LogP contribution in [-0.2, 0) is 16.1 Å². The van der Waals surface area contributed by atoms with Gasteiger partial charge in [-0.2, -0.15) is 0 Å². The van der Waals surface area contributed by atoms with E-state index in [-0.39, 0.29) is 5.91 Å². The molecule has 0 spiro atoms. The number of benzene rings is 1. The molecule has 4 rings (SSSR count). The van der Waals surface area contributed by atoms with Gasteiger partial charge in [0, 0.05) is 58.9 Å². The van der Waals surface area contributed by atoms with Crippen LogP contribution < -0.4 is 9.47 Å². The zero-order chi connectivity index (χ0) is 18.6. The van der Waals surface area contributed by atoms with Gasteiger partial charge in [-0.1, -0.05) is 6.07 Å². The minimum absolute atomic E-state index is 0.171. The van der Waals surface area contributed by atoms with Crippen LogP contribution >= 0.6 is 0 Å². The van der Waals surface area contributed by atoms with Crippen molar-refractivity contribution in [2.45, 2.75) is 6.54 Å². The summed E-state index contributed by atoms with van der Waals surface area (Å²) in [5.41, 5.74) is 1.22. The first kappa shape index (κ1) is 18.1. The Morgan fingerprint density at radius 3 is 2.37 bits per heavy atom. The number of hydrogen-bond acceptors (Lipinski definition) is 6. The van der Waals surface area contributed by atoms with Gasteiger partial charge in [0.15, 0.2) is 11.5 Å². The number of nitrogens with zero attached hydrogens (tertiary/aromatic N) is 4. The molecule has 0 unspecified atom stereocenters. The number of fused-ring (bicyclic) bond motifs is 1. The monoisotopic (exact) mass is 374 g/mol. The van der Waals surface area contributed by atoms with Crippen LogP contribution in [0.5, 0.6) is 11.5 Å². The van der Waals surface area contributed by atoms with Crippen molar-refractivity contribution < 1.29 is 19.1 Å². The van der Waals surface area contributed by atoms with Gasteiger partial charge in [0.2, 0.25) is 19.1 Å².